The number of esters is 1. The second kappa shape index (κ2) is 10.7. The zero-order chi connectivity index (χ0) is 27.5. The summed E-state index contributed by atoms with van der Waals surface area (Å²) in [6.07, 6.45) is -5.10. The second-order valence-electron chi connectivity index (χ2n) is 9.40. The van der Waals surface area contributed by atoms with Crippen LogP contribution in [0.4, 0.5) is 23.8 Å². The number of nitrogens with zero attached hydrogens (tertiary/aromatic N) is 2. The largest absolute Gasteiger partial charge is 0.462 e. The molecule has 2 aromatic heterocycles. The summed E-state index contributed by atoms with van der Waals surface area (Å²) in [6, 6.07) is 6.00. The second-order valence-corrected chi connectivity index (χ2v) is 9.40. The summed E-state index contributed by atoms with van der Waals surface area (Å²) < 4.78 is 48.8. The molecule has 3 aromatic rings. The molecule has 1 atom stereocenters. The number of carbonyl (C=O) groups is 2. The van der Waals surface area contributed by atoms with Crippen molar-refractivity contribution in [3.63, 3.8) is 0 Å². The van der Waals surface area contributed by atoms with Gasteiger partial charge in [0.2, 0.25) is 0 Å². The summed E-state index contributed by atoms with van der Waals surface area (Å²) in [5.41, 5.74) is 1.88. The predicted octanol–water partition coefficient (Wildman–Crippen LogP) is 5.67. The van der Waals surface area contributed by atoms with Crippen LogP contribution in [0.5, 0.6) is 0 Å². The van der Waals surface area contributed by atoms with Gasteiger partial charge in [0.1, 0.15) is 23.5 Å². The Morgan fingerprint density at radius 1 is 1.16 bits per heavy atom. The Kier molecular flexibility index (Phi) is 7.99. The molecular formula is C25H30F3N5O4. The number of alkyl carbamates (subject to hydrolysis) is 1. The van der Waals surface area contributed by atoms with E-state index in [0.29, 0.717) is 33.7 Å². The van der Waals surface area contributed by atoms with Crippen LogP contribution in [0.15, 0.2) is 24.3 Å². The van der Waals surface area contributed by atoms with E-state index in [1.54, 1.807) is 65.8 Å². The van der Waals surface area contributed by atoms with Crippen molar-refractivity contribution in [2.45, 2.75) is 59.4 Å². The Morgan fingerprint density at radius 3 is 2.49 bits per heavy atom. The highest BCUT2D eigenvalue weighted by Gasteiger charge is 2.28. The maximum absolute atomic E-state index is 12.8. The van der Waals surface area contributed by atoms with Crippen LogP contribution in [0.1, 0.15) is 62.4 Å². The molecule has 0 radical (unpaired) electrons. The van der Waals surface area contributed by atoms with Gasteiger partial charge in [-0.3, -0.25) is 0 Å². The average molecular weight is 522 g/mol. The number of hydrogen-bond acceptors (Lipinski definition) is 7. The van der Waals surface area contributed by atoms with Gasteiger partial charge in [0.15, 0.2) is 0 Å². The maximum Gasteiger partial charge on any atom is 0.408 e. The lowest BCUT2D eigenvalue weighted by atomic mass is 10.1. The molecule has 0 aliphatic carbocycles. The standard InChI is InChI=1S/C25H30F3N5O4/c1-7-36-22(34)16-11-18(32-19(16)13(2)31-23(35)37-24(4,5)6)15-9-8-10-17-20(15)33-21(14(3)30-17)29-12-25(26,27)28/h8-11,13,32H,7,12H2,1-6H3,(H,29,33)(H,31,35). The highest BCUT2D eigenvalue weighted by molar-refractivity contribution is 5.96. The van der Waals surface area contributed by atoms with Crippen molar-refractivity contribution >= 4 is 28.9 Å². The Morgan fingerprint density at radius 2 is 1.86 bits per heavy atom. The molecule has 1 unspecified atom stereocenters. The highest BCUT2D eigenvalue weighted by atomic mass is 19.4. The number of carbonyl (C=O) groups excluding carboxylic acids is 2. The number of hydrogen-bond donors (Lipinski definition) is 3. The van der Waals surface area contributed by atoms with Crippen LogP contribution in [0.25, 0.3) is 22.3 Å². The summed E-state index contributed by atoms with van der Waals surface area (Å²) in [7, 11) is 0. The molecular weight excluding hydrogens is 491 g/mol. The number of fused-ring (bicyclic) bond motifs is 1. The van der Waals surface area contributed by atoms with Gasteiger partial charge in [-0.05, 0) is 53.7 Å². The van der Waals surface area contributed by atoms with Crippen LogP contribution in [0, 0.1) is 6.92 Å². The van der Waals surface area contributed by atoms with Crippen molar-refractivity contribution in [1.29, 1.82) is 0 Å². The van der Waals surface area contributed by atoms with Gasteiger partial charge in [-0.1, -0.05) is 12.1 Å². The SMILES string of the molecule is CCOC(=O)c1cc(-c2cccc3nc(C)c(NCC(F)(F)F)nc23)[nH]c1C(C)NC(=O)OC(C)(C)C. The van der Waals surface area contributed by atoms with E-state index in [1.165, 1.54) is 0 Å². The first-order valence-electron chi connectivity index (χ1n) is 11.7. The fourth-order valence-electron chi connectivity index (χ4n) is 3.63. The Labute approximate surface area is 212 Å². The third-order valence-corrected chi connectivity index (χ3v) is 5.13. The minimum atomic E-state index is -4.43. The number of rotatable bonds is 7. The summed E-state index contributed by atoms with van der Waals surface area (Å²) in [5, 5.41) is 4.98. The molecule has 3 N–H and O–H groups in total. The highest BCUT2D eigenvalue weighted by Crippen LogP contribution is 2.32. The summed E-state index contributed by atoms with van der Waals surface area (Å²) in [5.74, 6) is -0.609. The molecule has 37 heavy (non-hydrogen) atoms. The number of nitrogens with one attached hydrogen (secondary N) is 3. The lowest BCUT2D eigenvalue weighted by Crippen LogP contribution is -2.34. The van der Waals surface area contributed by atoms with Crippen molar-refractivity contribution < 1.29 is 32.2 Å². The van der Waals surface area contributed by atoms with Gasteiger partial charge in [-0.2, -0.15) is 13.2 Å². The van der Waals surface area contributed by atoms with Gasteiger partial charge in [-0.15, -0.1) is 0 Å². The van der Waals surface area contributed by atoms with Crippen molar-refractivity contribution in [3.05, 3.63) is 41.2 Å². The van der Waals surface area contributed by atoms with Crippen LogP contribution in [0.2, 0.25) is 0 Å². The fourth-order valence-corrected chi connectivity index (χ4v) is 3.63. The molecule has 12 heteroatoms. The number of ether oxygens (including phenoxy) is 2. The zero-order valence-corrected chi connectivity index (χ0v) is 21.5. The summed E-state index contributed by atoms with van der Waals surface area (Å²) >= 11 is 0. The molecule has 0 spiro atoms. The molecule has 0 bridgehead atoms. The molecule has 1 amide bonds. The minimum absolute atomic E-state index is 0.00497. The minimum Gasteiger partial charge on any atom is -0.462 e. The van der Waals surface area contributed by atoms with E-state index >= 15 is 0 Å². The topological polar surface area (TPSA) is 118 Å². The molecule has 0 aliphatic heterocycles. The van der Waals surface area contributed by atoms with Crippen molar-refractivity contribution in [2.75, 3.05) is 18.5 Å². The van der Waals surface area contributed by atoms with Gasteiger partial charge in [0.25, 0.3) is 0 Å². The van der Waals surface area contributed by atoms with Crippen LogP contribution >= 0.6 is 0 Å². The zero-order valence-electron chi connectivity index (χ0n) is 21.5. The molecule has 0 saturated carbocycles. The molecule has 9 nitrogen and oxygen atoms in total. The Balaban J connectivity index is 2.06. The van der Waals surface area contributed by atoms with Crippen LogP contribution in [-0.2, 0) is 9.47 Å². The molecule has 0 aliphatic rings. The van der Waals surface area contributed by atoms with Gasteiger partial charge in [-0.25, -0.2) is 19.6 Å². The van der Waals surface area contributed by atoms with E-state index in [9.17, 15) is 22.8 Å². The number of para-hydroxylation sites is 1. The quantitative estimate of drug-likeness (QED) is 0.343. The van der Waals surface area contributed by atoms with Crippen molar-refractivity contribution in [2.24, 2.45) is 0 Å². The lowest BCUT2D eigenvalue weighted by molar-refractivity contribution is -0.115. The van der Waals surface area contributed by atoms with E-state index in [4.69, 9.17) is 9.47 Å². The molecule has 1 aromatic carbocycles. The molecule has 0 fully saturated rings. The fraction of sp³-hybridized carbons (Fsp3) is 0.440. The monoisotopic (exact) mass is 521 g/mol. The number of aromatic amines is 1. The van der Waals surface area contributed by atoms with Gasteiger partial charge in [0.05, 0.1) is 35.1 Å². The van der Waals surface area contributed by atoms with Crippen LogP contribution in [-0.4, -0.2) is 51.9 Å². The number of amides is 1. The smallest absolute Gasteiger partial charge is 0.408 e. The van der Waals surface area contributed by atoms with E-state index in [0.717, 1.165) is 0 Å². The first-order chi connectivity index (χ1) is 17.2. The first kappa shape index (κ1) is 27.8. The molecule has 2 heterocycles. The van der Waals surface area contributed by atoms with E-state index in [2.05, 4.69) is 25.6 Å². The number of benzene rings is 1. The lowest BCUT2D eigenvalue weighted by Gasteiger charge is -2.22. The third-order valence-electron chi connectivity index (χ3n) is 5.13. The maximum atomic E-state index is 12.8. The van der Waals surface area contributed by atoms with Crippen LogP contribution < -0.4 is 10.6 Å². The molecule has 0 saturated heterocycles. The average Bonchev–Trinajstić information content (AvgIpc) is 3.21. The molecule has 3 rings (SSSR count). The van der Waals surface area contributed by atoms with Gasteiger partial charge in [0, 0.05) is 11.3 Å². The number of aryl methyl sites for hydroxylation is 1. The predicted molar refractivity (Wildman–Crippen MR) is 132 cm³/mol. The van der Waals surface area contributed by atoms with Crippen molar-refractivity contribution in [3.8, 4) is 11.3 Å². The van der Waals surface area contributed by atoms with Crippen LogP contribution in [0.3, 0.4) is 0 Å². The third kappa shape index (κ3) is 7.11. The number of anilines is 1. The van der Waals surface area contributed by atoms with E-state index < -0.39 is 36.4 Å². The first-order valence-corrected chi connectivity index (χ1v) is 11.7. The van der Waals surface area contributed by atoms with Gasteiger partial charge < -0.3 is 25.1 Å². The van der Waals surface area contributed by atoms with E-state index in [1.807, 2.05) is 0 Å². The summed E-state index contributed by atoms with van der Waals surface area (Å²) in [6.45, 7) is 8.98. The number of alkyl halides is 3. The summed E-state index contributed by atoms with van der Waals surface area (Å²) in [4.78, 5) is 37.0. The molecule has 200 valence electrons. The number of aromatic nitrogens is 3. The normalized spacial score (nSPS) is 12.8. The Bertz CT molecular complexity index is 1300. The van der Waals surface area contributed by atoms with Gasteiger partial charge >= 0.3 is 18.2 Å². The van der Waals surface area contributed by atoms with Crippen molar-refractivity contribution in [1.82, 2.24) is 20.3 Å². The number of H-pyrrole nitrogens is 1. The number of halogens is 3. The van der Waals surface area contributed by atoms with E-state index in [-0.39, 0.29) is 18.0 Å². The Hall–Kier alpha value is -3.83.